The Labute approximate surface area is 111 Å². The van der Waals surface area contributed by atoms with Crippen molar-refractivity contribution in [2.24, 2.45) is 0 Å². The number of aryl methyl sites for hydroxylation is 1. The van der Waals surface area contributed by atoms with E-state index in [1.807, 2.05) is 0 Å². The van der Waals surface area contributed by atoms with Gasteiger partial charge in [0.05, 0.1) is 0 Å². The third kappa shape index (κ3) is 3.56. The van der Waals surface area contributed by atoms with Crippen LogP contribution in [0.25, 0.3) is 0 Å². The second-order valence-electron chi connectivity index (χ2n) is 6.36. The molecule has 0 aromatic heterocycles. The van der Waals surface area contributed by atoms with Crippen LogP contribution >= 0.6 is 0 Å². The molecule has 2 heteroatoms. The molecule has 0 aliphatic carbocycles. The fraction of sp³-hybridized carbons (Fsp3) is 0.625. The number of nitrogens with zero attached hydrogens (tertiary/aromatic N) is 1. The second-order valence-corrected chi connectivity index (χ2v) is 6.36. The summed E-state index contributed by atoms with van der Waals surface area (Å²) < 4.78 is 0. The minimum absolute atomic E-state index is 0.282. The summed E-state index contributed by atoms with van der Waals surface area (Å²) in [6.07, 6.45) is 2.49. The molecule has 0 bridgehead atoms. The minimum Gasteiger partial charge on any atom is -0.312 e. The Morgan fingerprint density at radius 2 is 2.17 bits per heavy atom. The van der Waals surface area contributed by atoms with Gasteiger partial charge in [0, 0.05) is 18.1 Å². The molecule has 0 spiro atoms. The van der Waals surface area contributed by atoms with E-state index < -0.39 is 0 Å². The summed E-state index contributed by atoms with van der Waals surface area (Å²) >= 11 is 0. The lowest BCUT2D eigenvalue weighted by Gasteiger charge is -2.40. The van der Waals surface area contributed by atoms with E-state index in [0.717, 1.165) is 13.1 Å². The SMILES string of the molecule is Cc1cccc(CN(C)C2CCNC(C)(C)C2)c1. The second kappa shape index (κ2) is 5.41. The highest BCUT2D eigenvalue weighted by Gasteiger charge is 2.29. The topological polar surface area (TPSA) is 15.3 Å². The molecule has 1 heterocycles. The van der Waals surface area contributed by atoms with Crippen LogP contribution in [0.5, 0.6) is 0 Å². The number of piperidine rings is 1. The average molecular weight is 246 g/mol. The summed E-state index contributed by atoms with van der Waals surface area (Å²) in [6.45, 7) is 8.97. The molecule has 1 N–H and O–H groups in total. The zero-order valence-corrected chi connectivity index (χ0v) is 12.2. The first-order valence-electron chi connectivity index (χ1n) is 6.97. The van der Waals surface area contributed by atoms with Crippen molar-refractivity contribution in [1.82, 2.24) is 10.2 Å². The number of rotatable bonds is 3. The van der Waals surface area contributed by atoms with Crippen LogP contribution in [0.15, 0.2) is 24.3 Å². The van der Waals surface area contributed by atoms with E-state index in [2.05, 4.69) is 62.3 Å². The fourth-order valence-corrected chi connectivity index (χ4v) is 2.94. The largest absolute Gasteiger partial charge is 0.312 e. The molecule has 1 aromatic rings. The zero-order chi connectivity index (χ0) is 13.2. The molecule has 1 aliphatic heterocycles. The Morgan fingerprint density at radius 3 is 2.83 bits per heavy atom. The predicted molar refractivity (Wildman–Crippen MR) is 77.7 cm³/mol. The Morgan fingerprint density at radius 1 is 1.39 bits per heavy atom. The normalized spacial score (nSPS) is 23.3. The number of hydrogen-bond acceptors (Lipinski definition) is 2. The van der Waals surface area contributed by atoms with Crippen LogP contribution < -0.4 is 5.32 Å². The maximum absolute atomic E-state index is 3.59. The lowest BCUT2D eigenvalue weighted by molar-refractivity contribution is 0.138. The van der Waals surface area contributed by atoms with Gasteiger partial charge in [-0.2, -0.15) is 0 Å². The van der Waals surface area contributed by atoms with Crippen LogP contribution in [-0.2, 0) is 6.54 Å². The molecule has 2 rings (SSSR count). The summed E-state index contributed by atoms with van der Waals surface area (Å²) in [6, 6.07) is 9.54. The van der Waals surface area contributed by atoms with Crippen molar-refractivity contribution in [3.8, 4) is 0 Å². The van der Waals surface area contributed by atoms with Gasteiger partial charge in [-0.3, -0.25) is 4.90 Å². The number of benzene rings is 1. The first-order chi connectivity index (χ1) is 8.46. The molecule has 1 saturated heterocycles. The van der Waals surface area contributed by atoms with Gasteiger partial charge >= 0.3 is 0 Å². The molecule has 100 valence electrons. The molecule has 2 nitrogen and oxygen atoms in total. The van der Waals surface area contributed by atoms with Crippen molar-refractivity contribution in [2.45, 2.75) is 51.7 Å². The molecular formula is C16H26N2. The van der Waals surface area contributed by atoms with E-state index >= 15 is 0 Å². The highest BCUT2D eigenvalue weighted by Crippen LogP contribution is 2.23. The molecule has 0 saturated carbocycles. The lowest BCUT2D eigenvalue weighted by atomic mass is 9.88. The quantitative estimate of drug-likeness (QED) is 0.882. The molecule has 0 amide bonds. The standard InChI is InChI=1S/C16H26N2/c1-13-6-5-7-14(10-13)12-18(4)15-8-9-17-16(2,3)11-15/h5-7,10,15,17H,8-9,11-12H2,1-4H3. The van der Waals surface area contributed by atoms with Crippen LogP contribution in [0, 0.1) is 6.92 Å². The first-order valence-corrected chi connectivity index (χ1v) is 6.97. The highest BCUT2D eigenvalue weighted by atomic mass is 15.1. The van der Waals surface area contributed by atoms with E-state index in [1.54, 1.807) is 0 Å². The number of hydrogen-bond donors (Lipinski definition) is 1. The minimum atomic E-state index is 0.282. The van der Waals surface area contributed by atoms with Crippen molar-refractivity contribution in [3.05, 3.63) is 35.4 Å². The van der Waals surface area contributed by atoms with Gasteiger partial charge in [-0.15, -0.1) is 0 Å². The predicted octanol–water partition coefficient (Wildman–Crippen LogP) is 2.96. The number of nitrogens with one attached hydrogen (secondary N) is 1. The van der Waals surface area contributed by atoms with Gasteiger partial charge in [0.2, 0.25) is 0 Å². The monoisotopic (exact) mass is 246 g/mol. The maximum Gasteiger partial charge on any atom is 0.0233 e. The maximum atomic E-state index is 3.59. The third-order valence-electron chi connectivity index (χ3n) is 3.96. The zero-order valence-electron chi connectivity index (χ0n) is 12.2. The average Bonchev–Trinajstić information content (AvgIpc) is 2.27. The fourth-order valence-electron chi connectivity index (χ4n) is 2.94. The molecule has 1 aliphatic rings. The van der Waals surface area contributed by atoms with Crippen LogP contribution in [0.2, 0.25) is 0 Å². The van der Waals surface area contributed by atoms with Crippen molar-refractivity contribution in [2.75, 3.05) is 13.6 Å². The Bertz CT molecular complexity index is 398. The van der Waals surface area contributed by atoms with E-state index in [9.17, 15) is 0 Å². The molecular weight excluding hydrogens is 220 g/mol. The molecule has 1 atom stereocenters. The smallest absolute Gasteiger partial charge is 0.0233 e. The molecule has 1 fully saturated rings. The van der Waals surface area contributed by atoms with Crippen molar-refractivity contribution in [1.29, 1.82) is 0 Å². The van der Waals surface area contributed by atoms with E-state index in [4.69, 9.17) is 0 Å². The Kier molecular flexibility index (Phi) is 4.08. The van der Waals surface area contributed by atoms with Gasteiger partial charge in [-0.05, 0) is 52.8 Å². The van der Waals surface area contributed by atoms with Gasteiger partial charge in [0.15, 0.2) is 0 Å². The summed E-state index contributed by atoms with van der Waals surface area (Å²) in [5, 5.41) is 3.59. The summed E-state index contributed by atoms with van der Waals surface area (Å²) in [5.74, 6) is 0. The van der Waals surface area contributed by atoms with Crippen LogP contribution in [0.1, 0.15) is 37.8 Å². The molecule has 0 radical (unpaired) electrons. The molecule has 1 unspecified atom stereocenters. The van der Waals surface area contributed by atoms with Crippen molar-refractivity contribution >= 4 is 0 Å². The van der Waals surface area contributed by atoms with Crippen LogP contribution in [-0.4, -0.2) is 30.1 Å². The van der Waals surface area contributed by atoms with Gasteiger partial charge in [0.25, 0.3) is 0 Å². The summed E-state index contributed by atoms with van der Waals surface area (Å²) in [7, 11) is 2.26. The van der Waals surface area contributed by atoms with E-state index in [0.29, 0.717) is 6.04 Å². The summed E-state index contributed by atoms with van der Waals surface area (Å²) in [5.41, 5.74) is 3.06. The Balaban J connectivity index is 1.97. The van der Waals surface area contributed by atoms with Gasteiger partial charge < -0.3 is 5.32 Å². The van der Waals surface area contributed by atoms with Crippen molar-refractivity contribution < 1.29 is 0 Å². The first kappa shape index (κ1) is 13.6. The highest BCUT2D eigenvalue weighted by molar-refractivity contribution is 5.22. The third-order valence-corrected chi connectivity index (χ3v) is 3.96. The van der Waals surface area contributed by atoms with Gasteiger partial charge in [0.1, 0.15) is 0 Å². The lowest BCUT2D eigenvalue weighted by Crippen LogP contribution is -2.52. The van der Waals surface area contributed by atoms with Crippen LogP contribution in [0.4, 0.5) is 0 Å². The Hall–Kier alpha value is -0.860. The summed E-state index contributed by atoms with van der Waals surface area (Å²) in [4.78, 5) is 2.51. The van der Waals surface area contributed by atoms with Gasteiger partial charge in [-0.1, -0.05) is 29.8 Å². The van der Waals surface area contributed by atoms with E-state index in [-0.39, 0.29) is 5.54 Å². The van der Waals surface area contributed by atoms with Gasteiger partial charge in [-0.25, -0.2) is 0 Å². The van der Waals surface area contributed by atoms with E-state index in [1.165, 1.54) is 24.0 Å². The van der Waals surface area contributed by atoms with Crippen molar-refractivity contribution in [3.63, 3.8) is 0 Å². The molecule has 1 aromatic carbocycles. The van der Waals surface area contributed by atoms with Crippen LogP contribution in [0.3, 0.4) is 0 Å². The molecule has 18 heavy (non-hydrogen) atoms.